The zero-order valence-electron chi connectivity index (χ0n) is 10.2. The summed E-state index contributed by atoms with van der Waals surface area (Å²) >= 11 is 1.72. The van der Waals surface area contributed by atoms with Crippen molar-refractivity contribution in [3.63, 3.8) is 0 Å². The minimum absolute atomic E-state index is 0.799. The van der Waals surface area contributed by atoms with Crippen molar-refractivity contribution in [1.29, 1.82) is 0 Å². The second-order valence-electron chi connectivity index (χ2n) is 3.69. The average molecular weight is 243 g/mol. The van der Waals surface area contributed by atoms with Gasteiger partial charge in [0.05, 0.1) is 0 Å². The Bertz CT molecular complexity index is 278. The van der Waals surface area contributed by atoms with E-state index < -0.39 is 0 Å². The van der Waals surface area contributed by atoms with Crippen LogP contribution < -0.4 is 5.32 Å². The number of ether oxygens (including phenoxy) is 1. The summed E-state index contributed by atoms with van der Waals surface area (Å²) in [7, 11) is 1.73. The van der Waals surface area contributed by atoms with Gasteiger partial charge < -0.3 is 10.1 Å². The predicted octanol–water partition coefficient (Wildman–Crippen LogP) is 1.66. The largest absolute Gasteiger partial charge is 0.385 e. The van der Waals surface area contributed by atoms with Gasteiger partial charge in [-0.3, -0.25) is 0 Å². The van der Waals surface area contributed by atoms with Crippen molar-refractivity contribution in [2.24, 2.45) is 0 Å². The molecule has 0 aromatic carbocycles. The third-order valence-electron chi connectivity index (χ3n) is 2.19. The lowest BCUT2D eigenvalue weighted by Gasteiger charge is -1.98. The van der Waals surface area contributed by atoms with Gasteiger partial charge in [0.15, 0.2) is 0 Å². The van der Waals surface area contributed by atoms with Gasteiger partial charge in [0.2, 0.25) is 0 Å². The molecule has 1 rings (SSSR count). The van der Waals surface area contributed by atoms with Crippen LogP contribution in [0.3, 0.4) is 0 Å². The summed E-state index contributed by atoms with van der Waals surface area (Å²) in [5.74, 6) is 0. The van der Waals surface area contributed by atoms with Crippen molar-refractivity contribution < 1.29 is 4.74 Å². The van der Waals surface area contributed by atoms with E-state index >= 15 is 0 Å². The lowest BCUT2D eigenvalue weighted by atomic mass is 10.3. The van der Waals surface area contributed by atoms with Crippen LogP contribution in [0.4, 0.5) is 0 Å². The summed E-state index contributed by atoms with van der Waals surface area (Å²) in [5, 5.41) is 14.0. The highest BCUT2D eigenvalue weighted by Crippen LogP contribution is 2.11. The van der Waals surface area contributed by atoms with Crippen LogP contribution in [0, 0.1) is 0 Å². The first-order valence-electron chi connectivity index (χ1n) is 5.87. The number of aromatic nitrogens is 2. The van der Waals surface area contributed by atoms with Gasteiger partial charge in [-0.05, 0) is 19.4 Å². The van der Waals surface area contributed by atoms with Crippen molar-refractivity contribution in [1.82, 2.24) is 15.5 Å². The third kappa shape index (κ3) is 5.53. The first-order chi connectivity index (χ1) is 7.86. The van der Waals surface area contributed by atoms with Crippen molar-refractivity contribution in [3.8, 4) is 0 Å². The molecule has 4 nitrogen and oxygen atoms in total. The highest BCUT2D eigenvalue weighted by Gasteiger charge is 2.03. The summed E-state index contributed by atoms with van der Waals surface area (Å²) in [4.78, 5) is 0. The van der Waals surface area contributed by atoms with Gasteiger partial charge in [0, 0.05) is 33.1 Å². The van der Waals surface area contributed by atoms with E-state index in [-0.39, 0.29) is 0 Å². The van der Waals surface area contributed by atoms with E-state index in [9.17, 15) is 0 Å². The van der Waals surface area contributed by atoms with E-state index in [0.29, 0.717) is 0 Å². The molecule has 1 N–H and O–H groups in total. The SMILES string of the molecule is CCCNCCc1nnc(CCCOC)s1. The van der Waals surface area contributed by atoms with Crippen LogP contribution in [0.5, 0.6) is 0 Å². The Balaban J connectivity index is 2.17. The van der Waals surface area contributed by atoms with Crippen LogP contribution in [0.1, 0.15) is 29.8 Å². The summed E-state index contributed by atoms with van der Waals surface area (Å²) in [6.45, 7) is 5.05. The summed E-state index contributed by atoms with van der Waals surface area (Å²) in [6, 6.07) is 0. The van der Waals surface area contributed by atoms with E-state index in [4.69, 9.17) is 4.74 Å². The van der Waals surface area contributed by atoms with E-state index in [0.717, 1.165) is 49.0 Å². The highest BCUT2D eigenvalue weighted by molar-refractivity contribution is 7.11. The van der Waals surface area contributed by atoms with E-state index in [1.54, 1.807) is 18.4 Å². The number of rotatable bonds is 9. The van der Waals surface area contributed by atoms with Crippen molar-refractivity contribution in [2.45, 2.75) is 32.6 Å². The number of hydrogen-bond donors (Lipinski definition) is 1. The van der Waals surface area contributed by atoms with Crippen molar-refractivity contribution >= 4 is 11.3 Å². The molecule has 92 valence electrons. The quantitative estimate of drug-likeness (QED) is 0.670. The molecule has 0 spiro atoms. The number of aryl methyl sites for hydroxylation is 1. The van der Waals surface area contributed by atoms with E-state index in [2.05, 4.69) is 22.4 Å². The molecule has 0 aliphatic carbocycles. The number of nitrogens with one attached hydrogen (secondary N) is 1. The first kappa shape index (κ1) is 13.5. The monoisotopic (exact) mass is 243 g/mol. The fourth-order valence-corrected chi connectivity index (χ4v) is 2.24. The topological polar surface area (TPSA) is 47.0 Å². The zero-order valence-corrected chi connectivity index (χ0v) is 11.0. The van der Waals surface area contributed by atoms with E-state index in [1.165, 1.54) is 6.42 Å². The van der Waals surface area contributed by atoms with E-state index in [1.807, 2.05) is 0 Å². The fraction of sp³-hybridized carbons (Fsp3) is 0.818. The van der Waals surface area contributed by atoms with Crippen LogP contribution >= 0.6 is 11.3 Å². The number of nitrogens with zero attached hydrogens (tertiary/aromatic N) is 2. The zero-order chi connectivity index (χ0) is 11.6. The third-order valence-corrected chi connectivity index (χ3v) is 3.23. The molecule has 5 heteroatoms. The smallest absolute Gasteiger partial charge is 0.118 e. The molecule has 0 radical (unpaired) electrons. The first-order valence-corrected chi connectivity index (χ1v) is 6.69. The van der Waals surface area contributed by atoms with Gasteiger partial charge in [-0.2, -0.15) is 0 Å². The van der Waals surface area contributed by atoms with Gasteiger partial charge in [-0.1, -0.05) is 6.92 Å². The van der Waals surface area contributed by atoms with Crippen molar-refractivity contribution in [3.05, 3.63) is 10.0 Å². The van der Waals surface area contributed by atoms with Crippen molar-refractivity contribution in [2.75, 3.05) is 26.8 Å². The molecule has 1 aromatic heterocycles. The molecule has 0 aliphatic heterocycles. The summed E-state index contributed by atoms with van der Waals surface area (Å²) < 4.78 is 5.01. The lowest BCUT2D eigenvalue weighted by molar-refractivity contribution is 0.195. The highest BCUT2D eigenvalue weighted by atomic mass is 32.1. The Morgan fingerprint density at radius 3 is 2.62 bits per heavy atom. The number of methoxy groups -OCH3 is 1. The Kier molecular flexibility index (Phi) is 7.29. The Labute approximate surface area is 101 Å². The molecular formula is C11H21N3OS. The van der Waals surface area contributed by atoms with Crippen LogP contribution in [-0.4, -0.2) is 37.0 Å². The molecule has 0 fully saturated rings. The maximum Gasteiger partial charge on any atom is 0.118 e. The van der Waals surface area contributed by atoms with Gasteiger partial charge >= 0.3 is 0 Å². The van der Waals surface area contributed by atoms with Crippen LogP contribution in [0.25, 0.3) is 0 Å². The molecule has 0 unspecified atom stereocenters. The Morgan fingerprint density at radius 1 is 1.19 bits per heavy atom. The van der Waals surface area contributed by atoms with Crippen LogP contribution in [0.15, 0.2) is 0 Å². The van der Waals surface area contributed by atoms with Gasteiger partial charge in [0.1, 0.15) is 10.0 Å². The second-order valence-corrected chi connectivity index (χ2v) is 4.83. The lowest BCUT2D eigenvalue weighted by Crippen LogP contribution is -2.17. The van der Waals surface area contributed by atoms with Crippen LogP contribution in [-0.2, 0) is 17.6 Å². The predicted molar refractivity (Wildman–Crippen MR) is 67.0 cm³/mol. The van der Waals surface area contributed by atoms with Gasteiger partial charge in [0.25, 0.3) is 0 Å². The average Bonchev–Trinajstić information content (AvgIpc) is 2.73. The molecule has 16 heavy (non-hydrogen) atoms. The Hall–Kier alpha value is -0.520. The fourth-order valence-electron chi connectivity index (χ4n) is 1.36. The molecule has 1 aromatic rings. The summed E-state index contributed by atoms with van der Waals surface area (Å²) in [5.41, 5.74) is 0. The minimum Gasteiger partial charge on any atom is -0.385 e. The standard InChI is InChI=1S/C11H21N3OS/c1-3-7-12-8-6-11-14-13-10(16-11)5-4-9-15-2/h12H,3-9H2,1-2H3. The maximum atomic E-state index is 5.01. The Morgan fingerprint density at radius 2 is 1.94 bits per heavy atom. The molecule has 0 saturated heterocycles. The van der Waals surface area contributed by atoms with Crippen LogP contribution in [0.2, 0.25) is 0 Å². The molecule has 0 bridgehead atoms. The maximum absolute atomic E-state index is 5.01. The molecule has 0 saturated carbocycles. The summed E-state index contributed by atoms with van der Waals surface area (Å²) in [6.07, 6.45) is 4.17. The molecule has 0 amide bonds. The molecule has 0 aliphatic rings. The molecular weight excluding hydrogens is 222 g/mol. The second kappa shape index (κ2) is 8.61. The molecule has 1 heterocycles. The van der Waals surface area contributed by atoms with Gasteiger partial charge in [-0.15, -0.1) is 21.5 Å². The molecule has 0 atom stereocenters. The van der Waals surface area contributed by atoms with Gasteiger partial charge in [-0.25, -0.2) is 0 Å². The normalized spacial score (nSPS) is 10.9. The number of hydrogen-bond acceptors (Lipinski definition) is 5. The minimum atomic E-state index is 0.799.